The molecule has 1 aromatic rings. The molecule has 1 heterocycles. The quantitative estimate of drug-likeness (QED) is 0.779. The molecule has 1 fully saturated rings. The molecular weight excluding hydrogens is 224 g/mol. The zero-order valence-electron chi connectivity index (χ0n) is 10.9. The van der Waals surface area contributed by atoms with Gasteiger partial charge in [0.05, 0.1) is 0 Å². The number of hydrogen-bond donors (Lipinski definition) is 1. The third-order valence-corrected chi connectivity index (χ3v) is 3.27. The maximum Gasteiger partial charge on any atom is 0.104 e. The fourth-order valence-electron chi connectivity index (χ4n) is 2.10. The van der Waals surface area contributed by atoms with Crippen LogP contribution in [-0.4, -0.2) is 54.7 Å². The number of nitrogens with zero attached hydrogens (tertiary/aromatic N) is 2. The highest BCUT2D eigenvalue weighted by atomic mass is 16.2. The fourth-order valence-corrected chi connectivity index (χ4v) is 2.10. The van der Waals surface area contributed by atoms with Gasteiger partial charge in [0.2, 0.25) is 0 Å². The average Bonchev–Trinajstić information content (AvgIpc) is 2.41. The first-order valence-electron chi connectivity index (χ1n) is 6.37. The molecule has 1 saturated heterocycles. The van der Waals surface area contributed by atoms with E-state index >= 15 is 0 Å². The van der Waals surface area contributed by atoms with Crippen LogP contribution in [0.5, 0.6) is 0 Å². The standard InChI is InChI=1S/C15H20N2O/c1-16-8-10-17(11-9-16)13-15-6-4-14(5-7-15)3-2-12-18/h4-7,18H,8-13H2,1H3. The van der Waals surface area contributed by atoms with Gasteiger partial charge < -0.3 is 10.0 Å². The number of piperazine rings is 1. The topological polar surface area (TPSA) is 26.7 Å². The first kappa shape index (κ1) is 13.1. The number of benzene rings is 1. The fraction of sp³-hybridized carbons (Fsp3) is 0.467. The van der Waals surface area contributed by atoms with Crippen LogP contribution >= 0.6 is 0 Å². The Labute approximate surface area is 109 Å². The van der Waals surface area contributed by atoms with Gasteiger partial charge in [0, 0.05) is 38.3 Å². The summed E-state index contributed by atoms with van der Waals surface area (Å²) in [6.45, 7) is 5.52. The predicted octanol–water partition coefficient (Wildman–Crippen LogP) is 0.778. The lowest BCUT2D eigenvalue weighted by Crippen LogP contribution is -2.43. The van der Waals surface area contributed by atoms with Crippen molar-refractivity contribution in [3.8, 4) is 11.8 Å². The highest BCUT2D eigenvalue weighted by Crippen LogP contribution is 2.09. The molecule has 0 aromatic heterocycles. The SMILES string of the molecule is CN1CCN(Cc2ccc(C#CCO)cc2)CC1. The van der Waals surface area contributed by atoms with E-state index in [2.05, 4.69) is 40.8 Å². The minimum Gasteiger partial charge on any atom is -0.384 e. The van der Waals surface area contributed by atoms with Gasteiger partial charge in [0.25, 0.3) is 0 Å². The van der Waals surface area contributed by atoms with Crippen molar-refractivity contribution in [3.63, 3.8) is 0 Å². The van der Waals surface area contributed by atoms with Crippen LogP contribution in [0, 0.1) is 11.8 Å². The number of aliphatic hydroxyl groups excluding tert-OH is 1. The minimum atomic E-state index is -0.0803. The van der Waals surface area contributed by atoms with Crippen molar-refractivity contribution in [3.05, 3.63) is 35.4 Å². The van der Waals surface area contributed by atoms with E-state index in [4.69, 9.17) is 5.11 Å². The van der Waals surface area contributed by atoms with Crippen LogP contribution in [0.15, 0.2) is 24.3 Å². The van der Waals surface area contributed by atoms with Crippen molar-refractivity contribution in [1.82, 2.24) is 9.80 Å². The van der Waals surface area contributed by atoms with Crippen LogP contribution in [0.4, 0.5) is 0 Å². The van der Waals surface area contributed by atoms with Crippen LogP contribution in [0.2, 0.25) is 0 Å². The molecule has 0 amide bonds. The summed E-state index contributed by atoms with van der Waals surface area (Å²) < 4.78 is 0. The Hall–Kier alpha value is -1.34. The van der Waals surface area contributed by atoms with E-state index in [9.17, 15) is 0 Å². The van der Waals surface area contributed by atoms with Gasteiger partial charge in [0.1, 0.15) is 6.61 Å². The predicted molar refractivity (Wildman–Crippen MR) is 73.2 cm³/mol. The Balaban J connectivity index is 1.90. The van der Waals surface area contributed by atoms with Gasteiger partial charge in [-0.3, -0.25) is 4.90 Å². The molecule has 1 N–H and O–H groups in total. The van der Waals surface area contributed by atoms with Crippen molar-refractivity contribution in [2.75, 3.05) is 39.8 Å². The van der Waals surface area contributed by atoms with E-state index in [-0.39, 0.29) is 6.61 Å². The molecule has 0 aliphatic carbocycles. The van der Waals surface area contributed by atoms with E-state index in [1.165, 1.54) is 5.56 Å². The Morgan fingerprint density at radius 2 is 1.78 bits per heavy atom. The monoisotopic (exact) mass is 244 g/mol. The maximum absolute atomic E-state index is 8.64. The molecule has 3 heteroatoms. The molecule has 0 saturated carbocycles. The summed E-state index contributed by atoms with van der Waals surface area (Å²) in [6, 6.07) is 8.29. The third kappa shape index (κ3) is 3.85. The Morgan fingerprint density at radius 1 is 1.11 bits per heavy atom. The molecule has 0 radical (unpaired) electrons. The van der Waals surface area contributed by atoms with Crippen molar-refractivity contribution < 1.29 is 5.11 Å². The molecule has 3 nitrogen and oxygen atoms in total. The molecule has 1 aromatic carbocycles. The Kier molecular flexibility index (Phi) is 4.77. The van der Waals surface area contributed by atoms with Crippen LogP contribution in [0.25, 0.3) is 0 Å². The number of aliphatic hydroxyl groups is 1. The number of rotatable bonds is 2. The second-order valence-electron chi connectivity index (χ2n) is 4.74. The van der Waals surface area contributed by atoms with Crippen LogP contribution < -0.4 is 0 Å². The summed E-state index contributed by atoms with van der Waals surface area (Å²) in [7, 11) is 2.17. The summed E-state index contributed by atoms with van der Waals surface area (Å²) in [5.74, 6) is 5.57. The first-order chi connectivity index (χ1) is 8.78. The lowest BCUT2D eigenvalue weighted by atomic mass is 10.1. The molecule has 0 spiro atoms. The molecule has 0 unspecified atom stereocenters. The molecule has 18 heavy (non-hydrogen) atoms. The minimum absolute atomic E-state index is 0.0803. The third-order valence-electron chi connectivity index (χ3n) is 3.27. The first-order valence-corrected chi connectivity index (χ1v) is 6.37. The Bertz CT molecular complexity index is 422. The average molecular weight is 244 g/mol. The Morgan fingerprint density at radius 3 is 2.39 bits per heavy atom. The lowest BCUT2D eigenvalue weighted by Gasteiger charge is -2.32. The number of likely N-dealkylation sites (N-methyl/N-ethyl adjacent to an activating group) is 1. The van der Waals surface area contributed by atoms with E-state index < -0.39 is 0 Å². The second-order valence-corrected chi connectivity index (χ2v) is 4.74. The van der Waals surface area contributed by atoms with Gasteiger partial charge >= 0.3 is 0 Å². The zero-order chi connectivity index (χ0) is 12.8. The summed E-state index contributed by atoms with van der Waals surface area (Å²) in [5, 5.41) is 8.64. The normalized spacial score (nSPS) is 17.2. The molecule has 0 atom stereocenters. The highest BCUT2D eigenvalue weighted by molar-refractivity contribution is 5.36. The van der Waals surface area contributed by atoms with Gasteiger partial charge in [-0.1, -0.05) is 24.0 Å². The van der Waals surface area contributed by atoms with Gasteiger partial charge in [-0.05, 0) is 24.7 Å². The maximum atomic E-state index is 8.64. The van der Waals surface area contributed by atoms with Crippen LogP contribution in [0.1, 0.15) is 11.1 Å². The second kappa shape index (κ2) is 6.55. The largest absolute Gasteiger partial charge is 0.384 e. The molecule has 2 rings (SSSR count). The van der Waals surface area contributed by atoms with Crippen molar-refractivity contribution in [2.45, 2.75) is 6.54 Å². The van der Waals surface area contributed by atoms with Crippen molar-refractivity contribution >= 4 is 0 Å². The number of hydrogen-bond acceptors (Lipinski definition) is 3. The van der Waals surface area contributed by atoms with E-state index in [1.54, 1.807) is 0 Å². The van der Waals surface area contributed by atoms with Crippen LogP contribution in [0.3, 0.4) is 0 Å². The van der Waals surface area contributed by atoms with Gasteiger partial charge in [-0.25, -0.2) is 0 Å². The van der Waals surface area contributed by atoms with E-state index in [1.807, 2.05) is 12.1 Å². The van der Waals surface area contributed by atoms with E-state index in [0.29, 0.717) is 0 Å². The molecule has 0 bridgehead atoms. The smallest absolute Gasteiger partial charge is 0.104 e. The van der Waals surface area contributed by atoms with Crippen molar-refractivity contribution in [1.29, 1.82) is 0 Å². The van der Waals surface area contributed by atoms with Gasteiger partial charge in [-0.2, -0.15) is 0 Å². The molecule has 1 aliphatic heterocycles. The zero-order valence-corrected chi connectivity index (χ0v) is 10.9. The van der Waals surface area contributed by atoms with Gasteiger partial charge in [0.15, 0.2) is 0 Å². The molecule has 1 aliphatic rings. The van der Waals surface area contributed by atoms with Crippen molar-refractivity contribution in [2.24, 2.45) is 0 Å². The highest BCUT2D eigenvalue weighted by Gasteiger charge is 2.13. The summed E-state index contributed by atoms with van der Waals surface area (Å²) >= 11 is 0. The lowest BCUT2D eigenvalue weighted by molar-refractivity contribution is 0.148. The summed E-state index contributed by atoms with van der Waals surface area (Å²) in [4.78, 5) is 4.85. The summed E-state index contributed by atoms with van der Waals surface area (Å²) in [6.07, 6.45) is 0. The molecular formula is C15H20N2O. The van der Waals surface area contributed by atoms with Gasteiger partial charge in [-0.15, -0.1) is 0 Å². The van der Waals surface area contributed by atoms with Crippen LogP contribution in [-0.2, 0) is 6.54 Å². The molecule has 96 valence electrons. The van der Waals surface area contributed by atoms with E-state index in [0.717, 1.165) is 38.3 Å². The summed E-state index contributed by atoms with van der Waals surface area (Å²) in [5.41, 5.74) is 2.29.